The highest BCUT2D eigenvalue weighted by atomic mass is 32.2. The van der Waals surface area contributed by atoms with E-state index < -0.39 is 25.1 Å². The van der Waals surface area contributed by atoms with Crippen LogP contribution in [-0.2, 0) is 20.1 Å². The lowest BCUT2D eigenvalue weighted by Crippen LogP contribution is -2.30. The molecule has 1 aromatic heterocycles. The molecule has 0 amide bonds. The van der Waals surface area contributed by atoms with Crippen LogP contribution in [0.1, 0.15) is 13.8 Å². The third kappa shape index (κ3) is 4.83. The van der Waals surface area contributed by atoms with E-state index in [0.717, 1.165) is 18.2 Å². The molecule has 0 spiro atoms. The first-order valence-corrected chi connectivity index (χ1v) is 13.2. The fraction of sp³-hybridized carbons (Fsp3) is 0.200. The Bertz CT molecular complexity index is 1310. The van der Waals surface area contributed by atoms with Gasteiger partial charge in [-0.1, -0.05) is 19.9 Å². The van der Waals surface area contributed by atoms with Gasteiger partial charge < -0.3 is 4.18 Å². The van der Waals surface area contributed by atoms with Gasteiger partial charge >= 0.3 is 10.1 Å². The standard InChI is InChI=1S/C20H20N2O7S3/c1-3-21(4-2)31(25,26)16-8-10-17(11-9-16)32(27,28)29-19-12-7-15(22(23)24)14-18(19)20-6-5-13-30-20/h5-14H,3-4H2,1-2H3. The van der Waals surface area contributed by atoms with Crippen LogP contribution in [0.25, 0.3) is 10.4 Å². The summed E-state index contributed by atoms with van der Waals surface area (Å²) < 4.78 is 57.4. The Morgan fingerprint density at radius 1 is 0.969 bits per heavy atom. The SMILES string of the molecule is CCN(CC)S(=O)(=O)c1ccc(S(=O)(=O)Oc2ccc([N+](=O)[O-])cc2-c2cccs2)cc1. The number of hydrogen-bond acceptors (Lipinski definition) is 8. The number of non-ortho nitro benzene ring substituents is 1. The van der Waals surface area contributed by atoms with Crippen molar-refractivity contribution in [3.05, 3.63) is 70.1 Å². The first kappa shape index (κ1) is 23.9. The van der Waals surface area contributed by atoms with E-state index in [1.165, 1.54) is 39.9 Å². The van der Waals surface area contributed by atoms with E-state index >= 15 is 0 Å². The second kappa shape index (κ2) is 9.36. The summed E-state index contributed by atoms with van der Waals surface area (Å²) in [5.41, 5.74) is 0.0580. The highest BCUT2D eigenvalue weighted by molar-refractivity contribution is 7.89. The van der Waals surface area contributed by atoms with E-state index in [4.69, 9.17) is 4.18 Å². The Morgan fingerprint density at radius 3 is 2.12 bits per heavy atom. The summed E-state index contributed by atoms with van der Waals surface area (Å²) in [5.74, 6) is -0.0714. The summed E-state index contributed by atoms with van der Waals surface area (Å²) in [7, 11) is -8.06. The Labute approximate surface area is 190 Å². The van der Waals surface area contributed by atoms with Gasteiger partial charge in [0.1, 0.15) is 4.90 Å². The summed E-state index contributed by atoms with van der Waals surface area (Å²) >= 11 is 1.28. The smallest absolute Gasteiger partial charge is 0.339 e. The minimum absolute atomic E-state index is 0.0326. The molecule has 2 aromatic carbocycles. The van der Waals surface area contributed by atoms with Gasteiger partial charge in [-0.2, -0.15) is 12.7 Å². The summed E-state index contributed by atoms with van der Waals surface area (Å²) in [6.45, 7) is 3.99. The molecule has 0 atom stereocenters. The number of hydrogen-bond donors (Lipinski definition) is 0. The third-order valence-electron chi connectivity index (χ3n) is 4.62. The van der Waals surface area contributed by atoms with Crippen LogP contribution in [0.3, 0.4) is 0 Å². The van der Waals surface area contributed by atoms with Gasteiger partial charge in [0.05, 0.1) is 9.82 Å². The monoisotopic (exact) mass is 496 g/mol. The van der Waals surface area contributed by atoms with Crippen molar-refractivity contribution in [3.63, 3.8) is 0 Å². The summed E-state index contributed by atoms with van der Waals surface area (Å²) in [5, 5.41) is 12.9. The largest absolute Gasteiger partial charge is 0.378 e. The van der Waals surface area contributed by atoms with Gasteiger partial charge in [-0.25, -0.2) is 8.42 Å². The highest BCUT2D eigenvalue weighted by Gasteiger charge is 2.25. The maximum absolute atomic E-state index is 12.8. The predicted octanol–water partition coefficient (Wildman–Crippen LogP) is 4.12. The van der Waals surface area contributed by atoms with Crippen LogP contribution in [0.4, 0.5) is 5.69 Å². The number of nitro groups is 1. The van der Waals surface area contributed by atoms with Gasteiger partial charge in [-0.15, -0.1) is 11.3 Å². The van der Waals surface area contributed by atoms with E-state index in [2.05, 4.69) is 0 Å². The van der Waals surface area contributed by atoms with Gasteiger partial charge in [-0.3, -0.25) is 10.1 Å². The molecular weight excluding hydrogens is 476 g/mol. The Hall–Kier alpha value is -2.80. The lowest BCUT2D eigenvalue weighted by Gasteiger charge is -2.18. The molecule has 0 N–H and O–H groups in total. The lowest BCUT2D eigenvalue weighted by atomic mass is 10.1. The number of nitro benzene ring substituents is 1. The number of sulfonamides is 1. The Kier molecular flexibility index (Phi) is 6.98. The van der Waals surface area contributed by atoms with Crippen LogP contribution >= 0.6 is 11.3 Å². The lowest BCUT2D eigenvalue weighted by molar-refractivity contribution is -0.384. The summed E-state index contributed by atoms with van der Waals surface area (Å²) in [6.07, 6.45) is 0. The van der Waals surface area contributed by atoms with Crippen LogP contribution in [0.5, 0.6) is 5.75 Å². The van der Waals surface area contributed by atoms with E-state index in [0.29, 0.717) is 4.88 Å². The highest BCUT2D eigenvalue weighted by Crippen LogP contribution is 2.37. The van der Waals surface area contributed by atoms with Gasteiger partial charge in [0, 0.05) is 35.7 Å². The minimum atomic E-state index is -4.33. The van der Waals surface area contributed by atoms with E-state index in [-0.39, 0.29) is 39.9 Å². The van der Waals surface area contributed by atoms with Crippen LogP contribution in [-0.4, -0.2) is 39.2 Å². The molecule has 0 saturated carbocycles. The first-order valence-electron chi connectivity index (χ1n) is 9.47. The van der Waals surface area contributed by atoms with Crippen LogP contribution < -0.4 is 4.18 Å². The van der Waals surface area contributed by atoms with E-state index in [9.17, 15) is 26.9 Å². The molecule has 3 aromatic rings. The van der Waals surface area contributed by atoms with Crippen molar-refractivity contribution in [3.8, 4) is 16.2 Å². The molecule has 0 aliphatic heterocycles. The molecule has 12 heteroatoms. The van der Waals surface area contributed by atoms with E-state index in [1.54, 1.807) is 31.4 Å². The van der Waals surface area contributed by atoms with Crippen molar-refractivity contribution < 1.29 is 25.9 Å². The maximum Gasteiger partial charge on any atom is 0.339 e. The van der Waals surface area contributed by atoms with Gasteiger partial charge in [0.15, 0.2) is 5.75 Å². The predicted molar refractivity (Wildman–Crippen MR) is 121 cm³/mol. The molecule has 170 valence electrons. The molecular formula is C20H20N2O7S3. The van der Waals surface area contributed by atoms with Crippen molar-refractivity contribution in [2.75, 3.05) is 13.1 Å². The van der Waals surface area contributed by atoms with Gasteiger partial charge in [0.2, 0.25) is 10.0 Å². The summed E-state index contributed by atoms with van der Waals surface area (Å²) in [4.78, 5) is 10.9. The fourth-order valence-corrected chi connectivity index (χ4v) is 6.14. The third-order valence-corrected chi connectivity index (χ3v) is 8.83. The van der Waals surface area contributed by atoms with Gasteiger partial charge in [0.25, 0.3) is 5.69 Å². The second-order valence-electron chi connectivity index (χ2n) is 6.51. The van der Waals surface area contributed by atoms with Crippen molar-refractivity contribution in [1.82, 2.24) is 4.31 Å². The Balaban J connectivity index is 1.96. The molecule has 0 unspecified atom stereocenters. The first-order chi connectivity index (χ1) is 15.1. The molecule has 9 nitrogen and oxygen atoms in total. The van der Waals surface area contributed by atoms with Crippen LogP contribution in [0, 0.1) is 10.1 Å². The van der Waals surface area contributed by atoms with E-state index in [1.807, 2.05) is 0 Å². The van der Waals surface area contributed by atoms with Crippen LogP contribution in [0.2, 0.25) is 0 Å². The number of nitrogens with zero attached hydrogens (tertiary/aromatic N) is 2. The van der Waals surface area contributed by atoms with Crippen molar-refractivity contribution in [2.24, 2.45) is 0 Å². The molecule has 32 heavy (non-hydrogen) atoms. The summed E-state index contributed by atoms with van der Waals surface area (Å²) in [6, 6.07) is 11.8. The van der Waals surface area contributed by atoms with Gasteiger partial charge in [-0.05, 0) is 41.8 Å². The zero-order chi connectivity index (χ0) is 23.5. The molecule has 1 heterocycles. The average molecular weight is 497 g/mol. The molecule has 0 bridgehead atoms. The molecule has 0 aliphatic carbocycles. The second-order valence-corrected chi connectivity index (χ2v) is 10.9. The average Bonchev–Trinajstić information content (AvgIpc) is 3.29. The van der Waals surface area contributed by atoms with Crippen molar-refractivity contribution in [2.45, 2.75) is 23.6 Å². The van der Waals surface area contributed by atoms with Crippen molar-refractivity contribution in [1.29, 1.82) is 0 Å². The molecule has 3 rings (SSSR count). The molecule has 0 aliphatic rings. The minimum Gasteiger partial charge on any atom is -0.378 e. The number of rotatable bonds is 9. The van der Waals surface area contributed by atoms with Crippen LogP contribution in [0.15, 0.2) is 69.8 Å². The topological polar surface area (TPSA) is 124 Å². The molecule has 0 radical (unpaired) electrons. The van der Waals surface area contributed by atoms with Crippen molar-refractivity contribution >= 4 is 37.2 Å². The number of benzene rings is 2. The quantitative estimate of drug-likeness (QED) is 0.248. The number of thiophene rings is 1. The maximum atomic E-state index is 12.8. The zero-order valence-corrected chi connectivity index (χ0v) is 19.6. The Morgan fingerprint density at radius 2 is 1.59 bits per heavy atom. The normalized spacial score (nSPS) is 12.1. The molecule has 0 saturated heterocycles. The zero-order valence-electron chi connectivity index (χ0n) is 17.2. The molecule has 0 fully saturated rings. The fourth-order valence-electron chi connectivity index (χ4n) is 2.99.